The lowest BCUT2D eigenvalue weighted by Gasteiger charge is -2.22. The fraction of sp³-hybridized carbons (Fsp3) is 0.442. The minimum absolute atomic E-state index is 0.0586. The van der Waals surface area contributed by atoms with Gasteiger partial charge in [-0.2, -0.15) is 0 Å². The molecule has 6 nitrogen and oxygen atoms in total. The van der Waals surface area contributed by atoms with E-state index in [0.29, 0.717) is 38.2 Å². The maximum absolute atomic E-state index is 13.0. The molecule has 0 aliphatic heterocycles. The molecule has 1 aliphatic carbocycles. The highest BCUT2D eigenvalue weighted by atomic mass is 16.5. The summed E-state index contributed by atoms with van der Waals surface area (Å²) in [5.41, 5.74) is 7.88. The van der Waals surface area contributed by atoms with Crippen LogP contribution >= 0.6 is 0 Å². The van der Waals surface area contributed by atoms with Gasteiger partial charge < -0.3 is 14.5 Å². The van der Waals surface area contributed by atoms with Crippen molar-refractivity contribution in [3.63, 3.8) is 0 Å². The summed E-state index contributed by atoms with van der Waals surface area (Å²) in [4.78, 5) is 29.4. The number of carbonyl (C=O) groups excluding carboxylic acids is 2. The highest BCUT2D eigenvalue weighted by Crippen LogP contribution is 2.30. The predicted octanol–water partition coefficient (Wildman–Crippen LogP) is 8.80. The molecule has 0 spiro atoms. The molecular formula is C43H56N3O3. The Morgan fingerprint density at radius 3 is 2.20 bits per heavy atom. The van der Waals surface area contributed by atoms with Gasteiger partial charge in [0.2, 0.25) is 5.91 Å². The van der Waals surface area contributed by atoms with Crippen molar-refractivity contribution in [2.45, 2.75) is 90.9 Å². The van der Waals surface area contributed by atoms with Gasteiger partial charge >= 0.3 is 0 Å². The molecule has 0 bridgehead atoms. The SMILES string of the molecule is CCN(C(=N)CCCc1cccc(-c2ccc(OCCN(C)C)c(CC(=O)C3=C[CH]3)c2)c1)C(=O)CCCCCc1ccc(C(C)(C)C)cc1. The maximum Gasteiger partial charge on any atom is 0.227 e. The van der Waals surface area contributed by atoms with Gasteiger partial charge in [-0.1, -0.05) is 87.9 Å². The number of amides is 1. The lowest BCUT2D eigenvalue weighted by atomic mass is 9.86. The van der Waals surface area contributed by atoms with E-state index < -0.39 is 0 Å². The summed E-state index contributed by atoms with van der Waals surface area (Å²) in [6.45, 7) is 10.5. The Morgan fingerprint density at radius 2 is 1.53 bits per heavy atom. The van der Waals surface area contributed by atoms with Crippen LogP contribution in [0.25, 0.3) is 11.1 Å². The molecule has 0 fully saturated rings. The van der Waals surface area contributed by atoms with E-state index in [1.54, 1.807) is 4.90 Å². The lowest BCUT2D eigenvalue weighted by molar-refractivity contribution is -0.127. The van der Waals surface area contributed by atoms with E-state index in [1.807, 2.05) is 39.6 Å². The minimum Gasteiger partial charge on any atom is -0.492 e. The van der Waals surface area contributed by atoms with Crippen molar-refractivity contribution in [1.29, 1.82) is 5.41 Å². The van der Waals surface area contributed by atoms with E-state index in [1.165, 1.54) is 16.7 Å². The number of nitrogens with zero attached hydrogens (tertiary/aromatic N) is 2. The normalized spacial score (nSPS) is 12.5. The molecule has 0 saturated heterocycles. The fourth-order valence-electron chi connectivity index (χ4n) is 5.99. The van der Waals surface area contributed by atoms with Gasteiger partial charge in [0.15, 0.2) is 5.78 Å². The van der Waals surface area contributed by atoms with Crippen LogP contribution in [0.3, 0.4) is 0 Å². The first-order valence-electron chi connectivity index (χ1n) is 18.0. The smallest absolute Gasteiger partial charge is 0.227 e. The number of Topliss-reactive ketones (excluding diaryl/α,β-unsaturated/α-hetero) is 1. The average molecular weight is 663 g/mol. The van der Waals surface area contributed by atoms with E-state index in [-0.39, 0.29) is 17.1 Å². The lowest BCUT2D eigenvalue weighted by Crippen LogP contribution is -2.36. The number of likely N-dealkylation sites (N-methyl/N-ethyl adjacent to an activating group) is 1. The molecule has 1 amide bonds. The van der Waals surface area contributed by atoms with Crippen LogP contribution in [0.15, 0.2) is 78.4 Å². The number of allylic oxidation sites excluding steroid dienone is 2. The highest BCUT2D eigenvalue weighted by Gasteiger charge is 2.20. The number of hydrogen-bond acceptors (Lipinski definition) is 5. The van der Waals surface area contributed by atoms with Crippen molar-refractivity contribution in [3.05, 3.63) is 107 Å². The van der Waals surface area contributed by atoms with Gasteiger partial charge in [-0.3, -0.25) is 15.0 Å². The first-order chi connectivity index (χ1) is 23.4. The highest BCUT2D eigenvalue weighted by molar-refractivity contribution is 6.04. The summed E-state index contributed by atoms with van der Waals surface area (Å²) in [5, 5.41) is 8.67. The summed E-state index contributed by atoms with van der Waals surface area (Å²) in [7, 11) is 4.03. The van der Waals surface area contributed by atoms with Crippen molar-refractivity contribution in [2.24, 2.45) is 0 Å². The quantitative estimate of drug-likeness (QED) is 0.0791. The van der Waals surface area contributed by atoms with Crippen LogP contribution in [-0.2, 0) is 34.3 Å². The molecule has 261 valence electrons. The Balaban J connectivity index is 1.25. The number of ether oxygens (including phenoxy) is 1. The van der Waals surface area contributed by atoms with Crippen molar-refractivity contribution in [3.8, 4) is 16.9 Å². The zero-order chi connectivity index (χ0) is 35.4. The zero-order valence-corrected chi connectivity index (χ0v) is 30.6. The third-order valence-electron chi connectivity index (χ3n) is 9.12. The zero-order valence-electron chi connectivity index (χ0n) is 30.6. The Hall–Kier alpha value is -4.03. The summed E-state index contributed by atoms with van der Waals surface area (Å²) in [6, 6.07) is 23.5. The molecule has 4 rings (SSSR count). The molecule has 0 saturated carbocycles. The van der Waals surface area contributed by atoms with Crippen molar-refractivity contribution < 1.29 is 14.3 Å². The number of benzene rings is 3. The van der Waals surface area contributed by atoms with E-state index in [2.05, 4.69) is 86.3 Å². The fourth-order valence-corrected chi connectivity index (χ4v) is 5.99. The van der Waals surface area contributed by atoms with Crippen molar-refractivity contribution >= 4 is 17.5 Å². The van der Waals surface area contributed by atoms with Crippen LogP contribution in [0.2, 0.25) is 0 Å². The van der Waals surface area contributed by atoms with E-state index >= 15 is 0 Å². The third kappa shape index (κ3) is 12.1. The number of amidine groups is 1. The molecular weight excluding hydrogens is 606 g/mol. The van der Waals surface area contributed by atoms with Gasteiger partial charge in [-0.15, -0.1) is 0 Å². The molecule has 1 aliphatic rings. The van der Waals surface area contributed by atoms with Crippen LogP contribution < -0.4 is 4.74 Å². The molecule has 3 aromatic carbocycles. The second kappa shape index (κ2) is 18.1. The first kappa shape index (κ1) is 37.8. The van der Waals surface area contributed by atoms with Gasteiger partial charge in [-0.05, 0) is 104 Å². The molecule has 6 heteroatoms. The number of nitrogens with one attached hydrogen (secondary N) is 1. The Labute approximate surface area is 295 Å². The topological polar surface area (TPSA) is 73.7 Å². The summed E-state index contributed by atoms with van der Waals surface area (Å²) in [6.07, 6.45) is 10.6. The van der Waals surface area contributed by atoms with Crippen LogP contribution in [0.1, 0.15) is 88.5 Å². The number of rotatable bonds is 19. The molecule has 0 unspecified atom stereocenters. The largest absolute Gasteiger partial charge is 0.492 e. The second-order valence-electron chi connectivity index (χ2n) is 14.5. The van der Waals surface area contributed by atoms with Gasteiger partial charge in [0.1, 0.15) is 18.2 Å². The monoisotopic (exact) mass is 662 g/mol. The number of aryl methyl sites for hydroxylation is 2. The molecule has 0 heterocycles. The Morgan fingerprint density at radius 1 is 0.816 bits per heavy atom. The van der Waals surface area contributed by atoms with Gasteiger partial charge in [0, 0.05) is 44.3 Å². The van der Waals surface area contributed by atoms with Crippen molar-refractivity contribution in [1.82, 2.24) is 9.80 Å². The van der Waals surface area contributed by atoms with E-state index in [9.17, 15) is 9.59 Å². The number of ketones is 1. The Bertz CT molecular complexity index is 1600. The molecule has 49 heavy (non-hydrogen) atoms. The number of unbranched alkanes of at least 4 members (excludes halogenated alkanes) is 2. The minimum atomic E-state index is 0.0586. The van der Waals surface area contributed by atoms with E-state index in [0.717, 1.165) is 73.1 Å². The van der Waals surface area contributed by atoms with Gasteiger partial charge in [0.25, 0.3) is 0 Å². The molecule has 1 N–H and O–H groups in total. The molecule has 0 atom stereocenters. The predicted molar refractivity (Wildman–Crippen MR) is 202 cm³/mol. The van der Waals surface area contributed by atoms with Crippen LogP contribution in [0.4, 0.5) is 0 Å². The maximum atomic E-state index is 13.0. The first-order valence-corrected chi connectivity index (χ1v) is 18.0. The molecule has 1 radical (unpaired) electrons. The summed E-state index contributed by atoms with van der Waals surface area (Å²) >= 11 is 0. The van der Waals surface area contributed by atoms with Crippen LogP contribution in [-0.4, -0.2) is 61.1 Å². The number of carbonyl (C=O) groups is 2. The van der Waals surface area contributed by atoms with Crippen molar-refractivity contribution in [2.75, 3.05) is 33.8 Å². The van der Waals surface area contributed by atoms with E-state index in [4.69, 9.17) is 10.1 Å². The molecule has 3 aromatic rings. The standard InChI is InChI=1S/C43H56N3O3/c1-7-46(42(48)18-10-8-9-13-32-19-24-38(25-20-32)43(2,3)4)41(44)17-12-15-33-14-11-16-35(29-33)36-23-26-40(49-28-27-45(5)6)37(30-36)31-39(47)34-21-22-34/h11,14,16,19-26,29-30,44H,7-10,12-13,15,17-18,27-28,31H2,1-6H3. The molecule has 0 aromatic heterocycles. The Kier molecular flexibility index (Phi) is 14.0. The average Bonchev–Trinajstić information content (AvgIpc) is 3.92. The van der Waals surface area contributed by atoms with Crippen LogP contribution in [0.5, 0.6) is 5.75 Å². The number of hydrogen-bond donors (Lipinski definition) is 1. The van der Waals surface area contributed by atoms with Gasteiger partial charge in [-0.25, -0.2) is 0 Å². The summed E-state index contributed by atoms with van der Waals surface area (Å²) in [5.74, 6) is 1.34. The second-order valence-corrected chi connectivity index (χ2v) is 14.5. The van der Waals surface area contributed by atoms with Gasteiger partial charge in [0.05, 0.1) is 0 Å². The third-order valence-corrected chi connectivity index (χ3v) is 9.12. The van der Waals surface area contributed by atoms with Crippen LogP contribution in [0, 0.1) is 11.8 Å². The summed E-state index contributed by atoms with van der Waals surface area (Å²) < 4.78 is 6.07.